The Balaban J connectivity index is 1.39. The lowest BCUT2D eigenvalue weighted by Gasteiger charge is -2.10. The highest BCUT2D eigenvalue weighted by Crippen LogP contribution is 2.27. The predicted molar refractivity (Wildman–Crippen MR) is 122 cm³/mol. The zero-order valence-corrected chi connectivity index (χ0v) is 17.2. The monoisotopic (exact) mass is 414 g/mol. The van der Waals surface area contributed by atoms with Crippen LogP contribution in [-0.2, 0) is 11.2 Å². The number of ether oxygens (including phenoxy) is 1. The Morgan fingerprint density at radius 2 is 1.87 bits per heavy atom. The van der Waals surface area contributed by atoms with Crippen LogP contribution in [0, 0.1) is 5.82 Å². The van der Waals surface area contributed by atoms with Crippen LogP contribution in [0.3, 0.4) is 0 Å². The lowest BCUT2D eigenvalue weighted by Crippen LogP contribution is -2.23. The van der Waals surface area contributed by atoms with Crippen molar-refractivity contribution in [2.75, 3.05) is 13.7 Å². The predicted octanol–water partition coefficient (Wildman–Crippen LogP) is 5.35. The molecule has 1 aromatic heterocycles. The van der Waals surface area contributed by atoms with Crippen molar-refractivity contribution in [2.45, 2.75) is 6.42 Å². The van der Waals surface area contributed by atoms with Crippen LogP contribution < -0.4 is 10.1 Å². The summed E-state index contributed by atoms with van der Waals surface area (Å²) >= 11 is 0. The second kappa shape index (κ2) is 9.30. The van der Waals surface area contributed by atoms with Gasteiger partial charge in [-0.2, -0.15) is 0 Å². The third-order valence-corrected chi connectivity index (χ3v) is 5.21. The Hall–Kier alpha value is -3.86. The molecule has 1 amide bonds. The smallest absolute Gasteiger partial charge is 0.244 e. The molecule has 3 aromatic carbocycles. The van der Waals surface area contributed by atoms with Crippen molar-refractivity contribution < 1.29 is 13.9 Å². The van der Waals surface area contributed by atoms with Gasteiger partial charge in [-0.1, -0.05) is 48.5 Å². The molecule has 0 radical (unpaired) electrons. The van der Waals surface area contributed by atoms with E-state index in [4.69, 9.17) is 4.74 Å². The molecular weight excluding hydrogens is 391 g/mol. The maximum atomic E-state index is 13.2. The summed E-state index contributed by atoms with van der Waals surface area (Å²) in [6, 6.07) is 20.2. The number of amides is 1. The third-order valence-electron chi connectivity index (χ3n) is 5.21. The summed E-state index contributed by atoms with van der Waals surface area (Å²) in [5.41, 5.74) is 4.92. The molecule has 4 aromatic rings. The minimum atomic E-state index is -0.256. The molecule has 0 fully saturated rings. The summed E-state index contributed by atoms with van der Waals surface area (Å²) in [5.74, 6) is 0.354. The molecule has 4 nitrogen and oxygen atoms in total. The molecule has 4 rings (SSSR count). The Labute approximate surface area is 180 Å². The highest BCUT2D eigenvalue weighted by Gasteiger charge is 2.07. The summed E-state index contributed by atoms with van der Waals surface area (Å²) in [6.07, 6.45) is 5.86. The first-order chi connectivity index (χ1) is 15.2. The number of hydrogen-bond acceptors (Lipinski definition) is 2. The van der Waals surface area contributed by atoms with Crippen molar-refractivity contribution in [1.29, 1.82) is 0 Å². The number of benzene rings is 3. The maximum absolute atomic E-state index is 13.2. The van der Waals surface area contributed by atoms with Crippen LogP contribution in [0.1, 0.15) is 11.1 Å². The Kier molecular flexibility index (Phi) is 6.13. The fourth-order valence-corrected chi connectivity index (χ4v) is 3.65. The highest BCUT2D eigenvalue weighted by molar-refractivity contribution is 5.97. The normalized spacial score (nSPS) is 11.2. The van der Waals surface area contributed by atoms with E-state index >= 15 is 0 Å². The molecule has 0 spiro atoms. The number of para-hydroxylation sites is 1. The van der Waals surface area contributed by atoms with Gasteiger partial charge in [0.05, 0.1) is 12.6 Å². The van der Waals surface area contributed by atoms with Crippen LogP contribution >= 0.6 is 0 Å². The van der Waals surface area contributed by atoms with Crippen LogP contribution in [0.5, 0.6) is 5.75 Å². The van der Waals surface area contributed by atoms with Crippen molar-refractivity contribution in [3.8, 4) is 16.9 Å². The number of methoxy groups -OCH3 is 1. The highest BCUT2D eigenvalue weighted by atomic mass is 19.1. The van der Waals surface area contributed by atoms with Crippen LogP contribution in [0.2, 0.25) is 0 Å². The van der Waals surface area contributed by atoms with E-state index in [0.717, 1.165) is 38.9 Å². The lowest BCUT2D eigenvalue weighted by molar-refractivity contribution is -0.116. The number of halogens is 1. The number of fused-ring (bicyclic) bond motifs is 1. The van der Waals surface area contributed by atoms with Crippen LogP contribution in [0.4, 0.5) is 4.39 Å². The van der Waals surface area contributed by atoms with Gasteiger partial charge in [-0.25, -0.2) is 4.39 Å². The fraction of sp³-hybridized carbons (Fsp3) is 0.115. The zero-order chi connectivity index (χ0) is 21.6. The molecule has 0 bridgehead atoms. The molecule has 0 aliphatic carbocycles. The first-order valence-electron chi connectivity index (χ1n) is 10.1. The number of nitrogens with one attached hydrogen (secondary N) is 2. The number of rotatable bonds is 7. The molecule has 0 saturated carbocycles. The SMILES string of the molecule is COc1cccc2c(/C=C/C(=O)NCCc3ccccc3-c3ccc(F)cc3)c[nH]c12. The number of carbonyl (C=O) groups is 1. The van der Waals surface area contributed by atoms with Crippen LogP contribution in [0.25, 0.3) is 28.1 Å². The van der Waals surface area contributed by atoms with Gasteiger partial charge in [0.15, 0.2) is 0 Å². The quantitative estimate of drug-likeness (QED) is 0.400. The first-order valence-corrected chi connectivity index (χ1v) is 10.1. The van der Waals surface area contributed by atoms with Gasteiger partial charge in [-0.05, 0) is 47.4 Å². The van der Waals surface area contributed by atoms with E-state index in [1.165, 1.54) is 18.2 Å². The molecule has 0 atom stereocenters. The molecule has 0 aliphatic heterocycles. The van der Waals surface area contributed by atoms with Gasteiger partial charge in [0.1, 0.15) is 11.6 Å². The second-order valence-corrected chi connectivity index (χ2v) is 7.17. The van der Waals surface area contributed by atoms with E-state index in [9.17, 15) is 9.18 Å². The summed E-state index contributed by atoms with van der Waals surface area (Å²) in [7, 11) is 1.63. The minimum Gasteiger partial charge on any atom is -0.495 e. The summed E-state index contributed by atoms with van der Waals surface area (Å²) in [4.78, 5) is 15.5. The van der Waals surface area contributed by atoms with Gasteiger partial charge in [0.25, 0.3) is 0 Å². The van der Waals surface area contributed by atoms with Crippen molar-refractivity contribution >= 4 is 22.9 Å². The fourth-order valence-electron chi connectivity index (χ4n) is 3.65. The van der Waals surface area contributed by atoms with E-state index in [1.54, 1.807) is 25.3 Å². The lowest BCUT2D eigenvalue weighted by atomic mass is 9.98. The Morgan fingerprint density at radius 1 is 1.06 bits per heavy atom. The third kappa shape index (κ3) is 4.67. The average Bonchev–Trinajstić information content (AvgIpc) is 3.22. The summed E-state index contributed by atoms with van der Waals surface area (Å²) < 4.78 is 18.6. The van der Waals surface area contributed by atoms with E-state index in [1.807, 2.05) is 48.7 Å². The van der Waals surface area contributed by atoms with Crippen molar-refractivity contribution in [1.82, 2.24) is 10.3 Å². The number of hydrogen-bond donors (Lipinski definition) is 2. The number of carbonyl (C=O) groups excluding carboxylic acids is 1. The van der Waals surface area contributed by atoms with Crippen molar-refractivity contribution in [3.05, 3.63) is 95.9 Å². The molecule has 1 heterocycles. The first kappa shape index (κ1) is 20.4. The van der Waals surface area contributed by atoms with E-state index in [-0.39, 0.29) is 11.7 Å². The van der Waals surface area contributed by atoms with Crippen LogP contribution in [0.15, 0.2) is 79.0 Å². The largest absolute Gasteiger partial charge is 0.495 e. The van der Waals surface area contributed by atoms with E-state index in [2.05, 4.69) is 10.3 Å². The molecule has 0 saturated heterocycles. The zero-order valence-electron chi connectivity index (χ0n) is 17.2. The van der Waals surface area contributed by atoms with Crippen molar-refractivity contribution in [3.63, 3.8) is 0 Å². The number of aromatic amines is 1. The standard InChI is InChI=1S/C26H23FN2O2/c1-31-24-8-4-7-23-20(17-29-26(23)24)11-14-25(30)28-16-15-18-5-2-3-6-22(18)19-9-12-21(27)13-10-19/h2-14,17,29H,15-16H2,1H3,(H,28,30)/b14-11+. The summed E-state index contributed by atoms with van der Waals surface area (Å²) in [6.45, 7) is 0.503. The molecule has 2 N–H and O–H groups in total. The van der Waals surface area contributed by atoms with Crippen molar-refractivity contribution in [2.24, 2.45) is 0 Å². The molecule has 156 valence electrons. The Morgan fingerprint density at radius 3 is 2.68 bits per heavy atom. The maximum Gasteiger partial charge on any atom is 0.244 e. The second-order valence-electron chi connectivity index (χ2n) is 7.17. The van der Waals surface area contributed by atoms with Gasteiger partial charge in [-0.3, -0.25) is 4.79 Å². The molecule has 0 unspecified atom stereocenters. The van der Waals surface area contributed by atoms with Gasteiger partial charge >= 0.3 is 0 Å². The molecule has 31 heavy (non-hydrogen) atoms. The van der Waals surface area contributed by atoms with E-state index < -0.39 is 0 Å². The van der Waals surface area contributed by atoms with Gasteiger partial charge < -0.3 is 15.0 Å². The molecular formula is C26H23FN2O2. The molecule has 0 aliphatic rings. The van der Waals surface area contributed by atoms with E-state index in [0.29, 0.717) is 13.0 Å². The van der Waals surface area contributed by atoms with Gasteiger partial charge in [0.2, 0.25) is 5.91 Å². The van der Waals surface area contributed by atoms with Gasteiger partial charge in [-0.15, -0.1) is 0 Å². The number of aromatic nitrogens is 1. The van der Waals surface area contributed by atoms with Crippen LogP contribution in [-0.4, -0.2) is 24.5 Å². The average molecular weight is 414 g/mol. The van der Waals surface area contributed by atoms with Gasteiger partial charge in [0, 0.05) is 29.8 Å². The number of H-pyrrole nitrogens is 1. The minimum absolute atomic E-state index is 0.156. The summed E-state index contributed by atoms with van der Waals surface area (Å²) in [5, 5.41) is 3.93. The Bertz CT molecular complexity index is 1230. The molecule has 5 heteroatoms. The topological polar surface area (TPSA) is 54.1 Å².